The van der Waals surface area contributed by atoms with E-state index in [2.05, 4.69) is 10.6 Å². The molecule has 1 saturated heterocycles. The first kappa shape index (κ1) is 13.2. The van der Waals surface area contributed by atoms with Crippen LogP contribution in [0.3, 0.4) is 0 Å². The number of hydrogen-bond donors (Lipinski definition) is 2. The third-order valence-corrected chi connectivity index (χ3v) is 3.31. The maximum Gasteiger partial charge on any atom is 0.237 e. The van der Waals surface area contributed by atoms with E-state index in [0.717, 1.165) is 30.7 Å². The van der Waals surface area contributed by atoms with Crippen molar-refractivity contribution in [3.05, 3.63) is 28.8 Å². The van der Waals surface area contributed by atoms with E-state index in [4.69, 9.17) is 16.3 Å². The van der Waals surface area contributed by atoms with Crippen molar-refractivity contribution in [3.63, 3.8) is 0 Å². The SMILES string of the molecule is COc1ccc(Cl)cc1CNC(=O)C1CCCN1. The summed E-state index contributed by atoms with van der Waals surface area (Å²) in [5.41, 5.74) is 0.886. The van der Waals surface area contributed by atoms with Crippen LogP contribution in [0.25, 0.3) is 0 Å². The maximum absolute atomic E-state index is 11.9. The zero-order valence-electron chi connectivity index (χ0n) is 10.3. The smallest absolute Gasteiger partial charge is 0.237 e. The lowest BCUT2D eigenvalue weighted by atomic mass is 10.1. The highest BCUT2D eigenvalue weighted by atomic mass is 35.5. The van der Waals surface area contributed by atoms with Gasteiger partial charge in [0.05, 0.1) is 13.2 Å². The van der Waals surface area contributed by atoms with Crippen molar-refractivity contribution in [3.8, 4) is 5.75 Å². The lowest BCUT2D eigenvalue weighted by molar-refractivity contribution is -0.122. The van der Waals surface area contributed by atoms with Gasteiger partial charge in [0.1, 0.15) is 5.75 Å². The summed E-state index contributed by atoms with van der Waals surface area (Å²) in [6, 6.07) is 5.32. The van der Waals surface area contributed by atoms with E-state index in [9.17, 15) is 4.79 Å². The van der Waals surface area contributed by atoms with Gasteiger partial charge in [-0.3, -0.25) is 4.79 Å². The van der Waals surface area contributed by atoms with Crippen LogP contribution in [0.4, 0.5) is 0 Å². The molecule has 1 heterocycles. The number of carbonyl (C=O) groups excluding carboxylic acids is 1. The standard InChI is InChI=1S/C13H17ClN2O2/c1-18-12-5-4-10(14)7-9(12)8-16-13(17)11-3-2-6-15-11/h4-5,7,11,15H,2-3,6,8H2,1H3,(H,16,17). The fourth-order valence-corrected chi connectivity index (χ4v) is 2.29. The van der Waals surface area contributed by atoms with E-state index < -0.39 is 0 Å². The molecule has 4 nitrogen and oxygen atoms in total. The molecule has 2 rings (SSSR count). The van der Waals surface area contributed by atoms with E-state index in [1.54, 1.807) is 19.2 Å². The number of carbonyl (C=O) groups is 1. The molecule has 1 aromatic rings. The summed E-state index contributed by atoms with van der Waals surface area (Å²) in [6.07, 6.45) is 1.96. The van der Waals surface area contributed by atoms with Crippen molar-refractivity contribution in [2.45, 2.75) is 25.4 Å². The van der Waals surface area contributed by atoms with E-state index in [1.807, 2.05) is 6.07 Å². The molecule has 1 aliphatic rings. The van der Waals surface area contributed by atoms with Crippen molar-refractivity contribution in [1.82, 2.24) is 10.6 Å². The highest BCUT2D eigenvalue weighted by Gasteiger charge is 2.21. The van der Waals surface area contributed by atoms with Gasteiger partial charge in [0.2, 0.25) is 5.91 Å². The quantitative estimate of drug-likeness (QED) is 0.874. The van der Waals surface area contributed by atoms with E-state index in [1.165, 1.54) is 0 Å². The van der Waals surface area contributed by atoms with Crippen molar-refractivity contribution in [2.75, 3.05) is 13.7 Å². The number of methoxy groups -OCH3 is 1. The first-order valence-electron chi connectivity index (χ1n) is 6.04. The Hall–Kier alpha value is -1.26. The van der Waals surface area contributed by atoms with E-state index >= 15 is 0 Å². The maximum atomic E-state index is 11.9. The van der Waals surface area contributed by atoms with E-state index in [0.29, 0.717) is 11.6 Å². The van der Waals surface area contributed by atoms with Crippen LogP contribution in [-0.4, -0.2) is 25.6 Å². The molecule has 0 spiro atoms. The molecule has 1 fully saturated rings. The van der Waals surface area contributed by atoms with Crippen molar-refractivity contribution >= 4 is 17.5 Å². The van der Waals surface area contributed by atoms with Gasteiger partial charge in [0, 0.05) is 17.1 Å². The molecule has 0 radical (unpaired) electrons. The van der Waals surface area contributed by atoms with E-state index in [-0.39, 0.29) is 11.9 Å². The monoisotopic (exact) mass is 268 g/mol. The van der Waals surface area contributed by atoms with Gasteiger partial charge in [0.25, 0.3) is 0 Å². The second-order valence-electron chi connectivity index (χ2n) is 4.32. The largest absolute Gasteiger partial charge is 0.496 e. The fourth-order valence-electron chi connectivity index (χ4n) is 2.10. The van der Waals surface area contributed by atoms with Gasteiger partial charge in [0.15, 0.2) is 0 Å². The predicted molar refractivity (Wildman–Crippen MR) is 70.9 cm³/mol. The summed E-state index contributed by atoms with van der Waals surface area (Å²) in [5.74, 6) is 0.772. The Kier molecular flexibility index (Phi) is 4.44. The van der Waals surface area contributed by atoms with Gasteiger partial charge in [-0.2, -0.15) is 0 Å². The Balaban J connectivity index is 1.96. The zero-order valence-corrected chi connectivity index (χ0v) is 11.1. The molecule has 1 amide bonds. The summed E-state index contributed by atoms with van der Waals surface area (Å²) in [5, 5.41) is 6.70. The molecule has 0 aliphatic carbocycles. The molecule has 2 N–H and O–H groups in total. The average Bonchev–Trinajstić information content (AvgIpc) is 2.90. The third kappa shape index (κ3) is 3.15. The summed E-state index contributed by atoms with van der Waals surface area (Å²) < 4.78 is 5.23. The number of amides is 1. The van der Waals surface area contributed by atoms with Crippen LogP contribution in [0, 0.1) is 0 Å². The van der Waals surface area contributed by atoms with Gasteiger partial charge >= 0.3 is 0 Å². The number of benzene rings is 1. The minimum absolute atomic E-state index is 0.0366. The van der Waals surface area contributed by atoms with Crippen LogP contribution >= 0.6 is 11.6 Å². The summed E-state index contributed by atoms with van der Waals surface area (Å²) in [6.45, 7) is 1.35. The van der Waals surface area contributed by atoms with Crippen LogP contribution in [-0.2, 0) is 11.3 Å². The first-order valence-corrected chi connectivity index (χ1v) is 6.42. The number of nitrogens with one attached hydrogen (secondary N) is 2. The molecule has 18 heavy (non-hydrogen) atoms. The van der Waals surface area contributed by atoms with Gasteiger partial charge in [-0.1, -0.05) is 11.6 Å². The molecule has 1 aliphatic heterocycles. The minimum atomic E-state index is -0.0600. The van der Waals surface area contributed by atoms with Crippen LogP contribution < -0.4 is 15.4 Å². The highest BCUT2D eigenvalue weighted by molar-refractivity contribution is 6.30. The Morgan fingerprint density at radius 1 is 1.61 bits per heavy atom. The van der Waals surface area contributed by atoms with Gasteiger partial charge in [-0.15, -0.1) is 0 Å². The van der Waals surface area contributed by atoms with Gasteiger partial charge in [-0.05, 0) is 37.6 Å². The molecule has 1 atom stereocenters. The Morgan fingerprint density at radius 2 is 2.44 bits per heavy atom. The number of ether oxygens (including phenoxy) is 1. The molecular formula is C13H17ClN2O2. The molecule has 0 bridgehead atoms. The Bertz CT molecular complexity index is 431. The second-order valence-corrected chi connectivity index (χ2v) is 4.76. The van der Waals surface area contributed by atoms with Crippen LogP contribution in [0.2, 0.25) is 5.02 Å². The number of halogens is 1. The van der Waals surface area contributed by atoms with Crippen LogP contribution in [0.5, 0.6) is 5.75 Å². The summed E-state index contributed by atoms with van der Waals surface area (Å²) in [7, 11) is 1.60. The van der Waals surface area contributed by atoms with Crippen LogP contribution in [0.15, 0.2) is 18.2 Å². The molecular weight excluding hydrogens is 252 g/mol. The van der Waals surface area contributed by atoms with Crippen LogP contribution in [0.1, 0.15) is 18.4 Å². The predicted octanol–water partition coefficient (Wildman–Crippen LogP) is 1.72. The topological polar surface area (TPSA) is 50.4 Å². The third-order valence-electron chi connectivity index (χ3n) is 3.07. The zero-order chi connectivity index (χ0) is 13.0. The summed E-state index contributed by atoms with van der Waals surface area (Å²) in [4.78, 5) is 11.9. The second kappa shape index (κ2) is 6.07. The normalized spacial score (nSPS) is 18.7. The lowest BCUT2D eigenvalue weighted by Crippen LogP contribution is -2.40. The first-order chi connectivity index (χ1) is 8.70. The summed E-state index contributed by atoms with van der Waals surface area (Å²) >= 11 is 5.94. The molecule has 98 valence electrons. The molecule has 1 aromatic carbocycles. The van der Waals surface area contributed by atoms with Crippen molar-refractivity contribution in [2.24, 2.45) is 0 Å². The minimum Gasteiger partial charge on any atom is -0.496 e. The highest BCUT2D eigenvalue weighted by Crippen LogP contribution is 2.22. The number of rotatable bonds is 4. The average molecular weight is 269 g/mol. The van der Waals surface area contributed by atoms with Gasteiger partial charge < -0.3 is 15.4 Å². The molecule has 0 saturated carbocycles. The Morgan fingerprint density at radius 3 is 3.11 bits per heavy atom. The molecule has 5 heteroatoms. The lowest BCUT2D eigenvalue weighted by Gasteiger charge is -2.13. The Labute approximate surface area is 112 Å². The number of hydrogen-bond acceptors (Lipinski definition) is 3. The molecule has 0 aromatic heterocycles. The molecule has 1 unspecified atom stereocenters. The van der Waals surface area contributed by atoms with Crippen molar-refractivity contribution in [1.29, 1.82) is 0 Å². The van der Waals surface area contributed by atoms with Crippen molar-refractivity contribution < 1.29 is 9.53 Å². The van der Waals surface area contributed by atoms with Gasteiger partial charge in [-0.25, -0.2) is 0 Å². The fraction of sp³-hybridized carbons (Fsp3) is 0.462.